The Bertz CT molecular complexity index is 65.2. The molecule has 0 atom stereocenters. The molecular weight excluding hydrogens is 174 g/mol. The molecule has 0 saturated heterocycles. The second-order valence-electron chi connectivity index (χ2n) is 2.23. The van der Waals surface area contributed by atoms with Crippen LogP contribution in [-0.4, -0.2) is 43.2 Å². The lowest BCUT2D eigenvalue weighted by atomic mass is 10.3. The van der Waals surface area contributed by atoms with Gasteiger partial charge in [0, 0.05) is 0 Å². The first kappa shape index (κ1) is 15.3. The summed E-state index contributed by atoms with van der Waals surface area (Å²) in [4.78, 5) is 8.63. The summed E-state index contributed by atoms with van der Waals surface area (Å²) in [5.74, 6) is 0. The Balaban J connectivity index is 0. The lowest BCUT2D eigenvalue weighted by molar-refractivity contribution is -0.300. The van der Waals surface area contributed by atoms with E-state index in [4.69, 9.17) is 15.9 Å². The summed E-state index contributed by atoms with van der Waals surface area (Å²) in [5.41, 5.74) is 5.14. The van der Waals surface area contributed by atoms with Gasteiger partial charge in [-0.1, -0.05) is 13.3 Å². The van der Waals surface area contributed by atoms with Crippen molar-refractivity contribution in [3.05, 3.63) is 0 Å². The van der Waals surface area contributed by atoms with Gasteiger partial charge in [-0.15, -0.1) is 0 Å². The topological polar surface area (TPSA) is 84.9 Å². The fraction of sp³-hybridized carbons (Fsp3) is 1.00. The Morgan fingerprint density at radius 3 is 1.69 bits per heavy atom. The molecular formula is C8H21NO4. The van der Waals surface area contributed by atoms with Crippen LogP contribution in [0.3, 0.4) is 0 Å². The molecule has 0 aromatic carbocycles. The number of hydrogen-bond acceptors (Lipinski definition) is 5. The summed E-state index contributed by atoms with van der Waals surface area (Å²) in [6, 6.07) is 0. The zero-order valence-corrected chi connectivity index (χ0v) is 8.24. The van der Waals surface area contributed by atoms with Gasteiger partial charge >= 0.3 is 0 Å². The molecule has 13 heavy (non-hydrogen) atoms. The van der Waals surface area contributed by atoms with Crippen LogP contribution in [0.15, 0.2) is 0 Å². The highest BCUT2D eigenvalue weighted by Crippen LogP contribution is 1.77. The van der Waals surface area contributed by atoms with Gasteiger partial charge in [0.15, 0.2) is 0 Å². The van der Waals surface area contributed by atoms with Crippen LogP contribution in [0.2, 0.25) is 0 Å². The maximum atomic E-state index is 8.10. The first-order valence-corrected chi connectivity index (χ1v) is 4.49. The van der Waals surface area contributed by atoms with Crippen LogP contribution in [0.5, 0.6) is 0 Å². The predicted octanol–water partition coefficient (Wildman–Crippen LogP) is -0.336. The van der Waals surface area contributed by atoms with E-state index in [1.54, 1.807) is 0 Å². The highest BCUT2D eigenvalue weighted by Gasteiger charge is 1.83. The van der Waals surface area contributed by atoms with E-state index in [0.717, 1.165) is 6.54 Å². The minimum Gasteiger partial charge on any atom is -0.394 e. The summed E-state index contributed by atoms with van der Waals surface area (Å²) < 4.78 is 0. The van der Waals surface area contributed by atoms with Crippen molar-refractivity contribution >= 4 is 0 Å². The third-order valence-electron chi connectivity index (χ3n) is 0.990. The number of nitrogens with two attached hydrogens (primary N) is 1. The molecule has 0 unspecified atom stereocenters. The zero-order valence-electron chi connectivity index (χ0n) is 8.24. The van der Waals surface area contributed by atoms with Crippen LogP contribution in [0.25, 0.3) is 0 Å². The second kappa shape index (κ2) is 17.8. The first-order chi connectivity index (χ1) is 6.33. The van der Waals surface area contributed by atoms with E-state index >= 15 is 0 Å². The minimum atomic E-state index is -0.0641. The van der Waals surface area contributed by atoms with E-state index in [1.807, 2.05) is 0 Å². The lowest BCUT2D eigenvalue weighted by Gasteiger charge is -1.97. The van der Waals surface area contributed by atoms with Crippen molar-refractivity contribution in [3.63, 3.8) is 0 Å². The molecule has 0 aliphatic heterocycles. The molecule has 0 heterocycles. The molecule has 0 rings (SSSR count). The third kappa shape index (κ3) is 24.5. The third-order valence-corrected chi connectivity index (χ3v) is 0.990. The van der Waals surface area contributed by atoms with Gasteiger partial charge in [0.1, 0.15) is 13.2 Å². The quantitative estimate of drug-likeness (QED) is 0.294. The summed E-state index contributed by atoms with van der Waals surface area (Å²) >= 11 is 0. The number of hydrogen-bond donors (Lipinski definition) is 3. The molecule has 4 N–H and O–H groups in total. The molecule has 0 aliphatic rings. The van der Waals surface area contributed by atoms with Crippen molar-refractivity contribution < 1.29 is 20.0 Å². The summed E-state index contributed by atoms with van der Waals surface area (Å²) in [7, 11) is 0. The Labute approximate surface area is 79.4 Å². The minimum absolute atomic E-state index is 0.0641. The molecule has 82 valence electrons. The van der Waals surface area contributed by atoms with E-state index in [1.165, 1.54) is 12.8 Å². The van der Waals surface area contributed by atoms with Crippen LogP contribution in [0.4, 0.5) is 0 Å². The summed E-state index contributed by atoms with van der Waals surface area (Å²) in [6.45, 7) is 3.15. The standard InChI is InChI=1S/C4H11N.C4H10O4/c1-2-3-4-5;5-1-3-7-8-4-2-6/h2-5H2,1H3;5-6H,1-4H2. The van der Waals surface area contributed by atoms with E-state index < -0.39 is 0 Å². The number of aliphatic hydroxyl groups excluding tert-OH is 2. The van der Waals surface area contributed by atoms with Gasteiger partial charge in [-0.05, 0) is 13.0 Å². The second-order valence-corrected chi connectivity index (χ2v) is 2.23. The Kier molecular flexibility index (Phi) is 20.9. The molecule has 5 nitrogen and oxygen atoms in total. The SMILES string of the molecule is CCCCN.OCCOOCCO. The van der Waals surface area contributed by atoms with Crippen molar-refractivity contribution in [3.8, 4) is 0 Å². The van der Waals surface area contributed by atoms with Gasteiger partial charge in [0.05, 0.1) is 13.2 Å². The largest absolute Gasteiger partial charge is 0.394 e. The van der Waals surface area contributed by atoms with Crippen molar-refractivity contribution in [1.82, 2.24) is 0 Å². The fourth-order valence-electron chi connectivity index (χ4n) is 0.397. The monoisotopic (exact) mass is 195 g/mol. The fourth-order valence-corrected chi connectivity index (χ4v) is 0.397. The van der Waals surface area contributed by atoms with Gasteiger partial charge < -0.3 is 15.9 Å². The first-order valence-electron chi connectivity index (χ1n) is 4.49. The molecule has 0 aromatic heterocycles. The van der Waals surface area contributed by atoms with Crippen LogP contribution in [-0.2, 0) is 9.78 Å². The van der Waals surface area contributed by atoms with Crippen LogP contribution >= 0.6 is 0 Å². The highest BCUT2D eigenvalue weighted by atomic mass is 17.2. The van der Waals surface area contributed by atoms with Crippen LogP contribution < -0.4 is 5.73 Å². The molecule has 0 spiro atoms. The predicted molar refractivity (Wildman–Crippen MR) is 50.0 cm³/mol. The van der Waals surface area contributed by atoms with Gasteiger partial charge in [0.25, 0.3) is 0 Å². The molecule has 0 aliphatic carbocycles. The Morgan fingerprint density at radius 1 is 1.08 bits per heavy atom. The van der Waals surface area contributed by atoms with Crippen molar-refractivity contribution in [2.24, 2.45) is 5.73 Å². The van der Waals surface area contributed by atoms with E-state index in [0.29, 0.717) is 0 Å². The smallest absolute Gasteiger partial charge is 0.105 e. The van der Waals surface area contributed by atoms with Gasteiger partial charge in [-0.2, -0.15) is 0 Å². The number of rotatable bonds is 7. The maximum Gasteiger partial charge on any atom is 0.105 e. The summed E-state index contributed by atoms with van der Waals surface area (Å²) in [5, 5.41) is 16.2. The lowest BCUT2D eigenvalue weighted by Crippen LogP contribution is -2.03. The van der Waals surface area contributed by atoms with Gasteiger partial charge in [-0.25, -0.2) is 9.78 Å². The van der Waals surface area contributed by atoms with E-state index in [9.17, 15) is 0 Å². The Hall–Kier alpha value is -0.200. The maximum absolute atomic E-state index is 8.10. The van der Waals surface area contributed by atoms with Crippen molar-refractivity contribution in [2.75, 3.05) is 33.0 Å². The average Bonchev–Trinajstić information content (AvgIpc) is 2.15. The van der Waals surface area contributed by atoms with Crippen molar-refractivity contribution in [1.29, 1.82) is 0 Å². The number of aliphatic hydroxyl groups is 2. The molecule has 0 saturated carbocycles. The molecule has 5 heteroatoms. The van der Waals surface area contributed by atoms with E-state index in [-0.39, 0.29) is 26.4 Å². The molecule has 0 radical (unpaired) electrons. The van der Waals surface area contributed by atoms with Crippen molar-refractivity contribution in [2.45, 2.75) is 19.8 Å². The molecule has 0 amide bonds. The van der Waals surface area contributed by atoms with Gasteiger partial charge in [-0.3, -0.25) is 0 Å². The normalized spacial score (nSPS) is 9.23. The Morgan fingerprint density at radius 2 is 1.54 bits per heavy atom. The molecule has 0 fully saturated rings. The number of unbranched alkanes of at least 4 members (excludes halogenated alkanes) is 1. The van der Waals surface area contributed by atoms with Crippen LogP contribution in [0.1, 0.15) is 19.8 Å². The molecule has 0 aromatic rings. The van der Waals surface area contributed by atoms with Crippen LogP contribution in [0, 0.1) is 0 Å². The molecule has 0 bridgehead atoms. The highest BCUT2D eigenvalue weighted by molar-refractivity contribution is 4.29. The zero-order chi connectivity index (χ0) is 10.4. The van der Waals surface area contributed by atoms with E-state index in [2.05, 4.69) is 16.7 Å². The summed E-state index contributed by atoms with van der Waals surface area (Å²) in [6.07, 6.45) is 2.39. The average molecular weight is 195 g/mol. The van der Waals surface area contributed by atoms with Gasteiger partial charge in [0.2, 0.25) is 0 Å².